The number of carbonyl (C=O) groups is 2. The molecule has 1 saturated heterocycles. The first-order valence-electron chi connectivity index (χ1n) is 8.10. The van der Waals surface area contributed by atoms with Crippen LogP contribution < -0.4 is 10.2 Å². The Labute approximate surface area is 154 Å². The molecule has 1 aliphatic heterocycles. The molecule has 1 aliphatic rings. The molecular weight excluding hydrogens is 358 g/mol. The summed E-state index contributed by atoms with van der Waals surface area (Å²) < 4.78 is 24.8. The Kier molecular flexibility index (Phi) is 5.27. The van der Waals surface area contributed by atoms with E-state index in [1.54, 1.807) is 0 Å². The van der Waals surface area contributed by atoms with E-state index in [0.717, 1.165) is 21.7 Å². The quantitative estimate of drug-likeness (QED) is 0.622. The number of hydrogen-bond donors (Lipinski definition) is 1. The SMILES string of the molecule is Cc1ccc(C)c(N[C@H]2CC(=O)N(c3ccc(SC(F)F)cc3)C2=O)c1. The summed E-state index contributed by atoms with van der Waals surface area (Å²) in [5, 5.41) is 3.15. The summed E-state index contributed by atoms with van der Waals surface area (Å²) in [7, 11) is 0. The summed E-state index contributed by atoms with van der Waals surface area (Å²) in [6, 6.07) is 11.2. The van der Waals surface area contributed by atoms with Crippen LogP contribution in [-0.4, -0.2) is 23.6 Å². The van der Waals surface area contributed by atoms with Crippen molar-refractivity contribution in [3.8, 4) is 0 Å². The van der Waals surface area contributed by atoms with Crippen LogP contribution in [0, 0.1) is 13.8 Å². The van der Waals surface area contributed by atoms with Crippen LogP contribution in [0.5, 0.6) is 0 Å². The van der Waals surface area contributed by atoms with E-state index in [0.29, 0.717) is 22.3 Å². The Bertz CT molecular complexity index is 840. The third kappa shape index (κ3) is 3.88. The highest BCUT2D eigenvalue weighted by Gasteiger charge is 2.39. The average Bonchev–Trinajstić information content (AvgIpc) is 2.85. The molecule has 0 aromatic heterocycles. The molecule has 136 valence electrons. The van der Waals surface area contributed by atoms with Crippen LogP contribution in [0.15, 0.2) is 47.4 Å². The monoisotopic (exact) mass is 376 g/mol. The lowest BCUT2D eigenvalue weighted by Gasteiger charge is -2.17. The zero-order chi connectivity index (χ0) is 18.8. The topological polar surface area (TPSA) is 49.4 Å². The zero-order valence-electron chi connectivity index (χ0n) is 14.3. The second kappa shape index (κ2) is 7.45. The summed E-state index contributed by atoms with van der Waals surface area (Å²) >= 11 is 0.422. The Morgan fingerprint density at radius 1 is 1.12 bits per heavy atom. The predicted octanol–water partition coefficient (Wildman–Crippen LogP) is 4.36. The molecule has 1 atom stereocenters. The summed E-state index contributed by atoms with van der Waals surface area (Å²) in [5.41, 5.74) is 3.26. The fourth-order valence-corrected chi connectivity index (χ4v) is 3.37. The number of imide groups is 1. The maximum absolute atomic E-state index is 12.7. The van der Waals surface area contributed by atoms with E-state index < -0.39 is 11.8 Å². The van der Waals surface area contributed by atoms with Crippen LogP contribution in [0.25, 0.3) is 0 Å². The lowest BCUT2D eigenvalue weighted by molar-refractivity contribution is -0.121. The molecular formula is C19H18F2N2O2S. The molecule has 0 spiro atoms. The van der Waals surface area contributed by atoms with E-state index in [1.807, 2.05) is 32.0 Å². The first kappa shape index (κ1) is 18.4. The summed E-state index contributed by atoms with van der Waals surface area (Å²) in [6.45, 7) is 3.89. The number of aryl methyl sites for hydroxylation is 2. The second-order valence-electron chi connectivity index (χ2n) is 6.16. The number of carbonyl (C=O) groups excluding carboxylic acids is 2. The van der Waals surface area contributed by atoms with Crippen molar-refractivity contribution in [3.05, 3.63) is 53.6 Å². The Morgan fingerprint density at radius 3 is 2.46 bits per heavy atom. The molecule has 7 heteroatoms. The number of rotatable bonds is 5. The third-order valence-electron chi connectivity index (χ3n) is 4.19. The smallest absolute Gasteiger partial charge is 0.288 e. The van der Waals surface area contributed by atoms with E-state index in [2.05, 4.69) is 5.32 Å². The molecule has 2 aromatic carbocycles. The lowest BCUT2D eigenvalue weighted by atomic mass is 10.1. The summed E-state index contributed by atoms with van der Waals surface area (Å²) in [4.78, 5) is 26.5. The van der Waals surface area contributed by atoms with E-state index in [4.69, 9.17) is 0 Å². The average molecular weight is 376 g/mol. The largest absolute Gasteiger partial charge is 0.373 e. The van der Waals surface area contributed by atoms with Crippen molar-refractivity contribution in [2.75, 3.05) is 10.2 Å². The van der Waals surface area contributed by atoms with Gasteiger partial charge in [-0.1, -0.05) is 23.9 Å². The van der Waals surface area contributed by atoms with Crippen molar-refractivity contribution in [1.29, 1.82) is 0 Å². The second-order valence-corrected chi connectivity index (χ2v) is 7.22. The minimum Gasteiger partial charge on any atom is -0.373 e. The molecule has 2 amide bonds. The zero-order valence-corrected chi connectivity index (χ0v) is 15.1. The maximum Gasteiger partial charge on any atom is 0.288 e. The van der Waals surface area contributed by atoms with Gasteiger partial charge in [-0.05, 0) is 55.3 Å². The standard InChI is InChI=1S/C19H18F2N2O2S/c1-11-3-4-12(2)15(9-11)22-16-10-17(24)23(18(16)25)13-5-7-14(8-6-13)26-19(20)21/h3-9,16,19,22H,10H2,1-2H3/t16-/m0/s1. The maximum atomic E-state index is 12.7. The molecule has 0 bridgehead atoms. The van der Waals surface area contributed by atoms with Crippen molar-refractivity contribution in [1.82, 2.24) is 0 Å². The van der Waals surface area contributed by atoms with E-state index >= 15 is 0 Å². The molecule has 1 heterocycles. The normalized spacial score (nSPS) is 17.3. The minimum absolute atomic E-state index is 0.0553. The third-order valence-corrected chi connectivity index (χ3v) is 4.91. The Morgan fingerprint density at radius 2 is 1.81 bits per heavy atom. The first-order valence-corrected chi connectivity index (χ1v) is 8.98. The highest BCUT2D eigenvalue weighted by molar-refractivity contribution is 7.99. The number of anilines is 2. The van der Waals surface area contributed by atoms with Gasteiger partial charge in [-0.25, -0.2) is 4.90 Å². The fourth-order valence-electron chi connectivity index (χ4n) is 2.87. The van der Waals surface area contributed by atoms with Crippen molar-refractivity contribution in [2.24, 2.45) is 0 Å². The molecule has 26 heavy (non-hydrogen) atoms. The number of amides is 2. The number of alkyl halides is 2. The molecule has 1 N–H and O–H groups in total. The Balaban J connectivity index is 1.77. The number of hydrogen-bond acceptors (Lipinski definition) is 4. The van der Waals surface area contributed by atoms with Gasteiger partial charge in [0.15, 0.2) is 0 Å². The van der Waals surface area contributed by atoms with Gasteiger partial charge >= 0.3 is 0 Å². The molecule has 1 fully saturated rings. The van der Waals surface area contributed by atoms with Gasteiger partial charge in [0.2, 0.25) is 5.91 Å². The minimum atomic E-state index is -2.51. The van der Waals surface area contributed by atoms with Crippen molar-refractivity contribution >= 4 is 35.0 Å². The van der Waals surface area contributed by atoms with E-state index in [9.17, 15) is 18.4 Å². The molecule has 0 saturated carbocycles. The summed E-state index contributed by atoms with van der Waals surface area (Å²) in [6.07, 6.45) is 0.0553. The van der Waals surface area contributed by atoms with Gasteiger partial charge in [-0.2, -0.15) is 8.78 Å². The molecule has 3 rings (SSSR count). The fraction of sp³-hybridized carbons (Fsp3) is 0.263. The van der Waals surface area contributed by atoms with Gasteiger partial charge in [-0.15, -0.1) is 0 Å². The number of nitrogens with one attached hydrogen (secondary N) is 1. The van der Waals surface area contributed by atoms with Crippen molar-refractivity contribution in [2.45, 2.75) is 37.0 Å². The summed E-state index contributed by atoms with van der Waals surface area (Å²) in [5.74, 6) is -3.17. The van der Waals surface area contributed by atoms with Gasteiger partial charge in [0.05, 0.1) is 12.1 Å². The number of halogens is 2. The number of benzene rings is 2. The van der Waals surface area contributed by atoms with Crippen LogP contribution in [0.3, 0.4) is 0 Å². The number of nitrogens with zero attached hydrogens (tertiary/aromatic N) is 1. The van der Waals surface area contributed by atoms with Gasteiger partial charge < -0.3 is 5.32 Å². The van der Waals surface area contributed by atoms with E-state index in [1.165, 1.54) is 24.3 Å². The van der Waals surface area contributed by atoms with E-state index in [-0.39, 0.29) is 18.2 Å². The molecule has 2 aromatic rings. The predicted molar refractivity (Wildman–Crippen MR) is 98.7 cm³/mol. The van der Waals surface area contributed by atoms with Crippen LogP contribution >= 0.6 is 11.8 Å². The Hall–Kier alpha value is -2.41. The molecule has 4 nitrogen and oxygen atoms in total. The van der Waals surface area contributed by atoms with Crippen LogP contribution in [-0.2, 0) is 9.59 Å². The first-order chi connectivity index (χ1) is 12.3. The van der Waals surface area contributed by atoms with Gasteiger partial charge in [0.25, 0.3) is 11.7 Å². The van der Waals surface area contributed by atoms with Crippen LogP contribution in [0.4, 0.5) is 20.2 Å². The van der Waals surface area contributed by atoms with Gasteiger partial charge in [0.1, 0.15) is 6.04 Å². The molecule has 0 unspecified atom stereocenters. The van der Waals surface area contributed by atoms with Crippen LogP contribution in [0.2, 0.25) is 0 Å². The van der Waals surface area contributed by atoms with Gasteiger partial charge in [0, 0.05) is 10.6 Å². The van der Waals surface area contributed by atoms with Crippen molar-refractivity contribution in [3.63, 3.8) is 0 Å². The highest BCUT2D eigenvalue weighted by atomic mass is 32.2. The molecule has 0 radical (unpaired) electrons. The lowest BCUT2D eigenvalue weighted by Crippen LogP contribution is -2.34. The van der Waals surface area contributed by atoms with Crippen LogP contribution in [0.1, 0.15) is 17.5 Å². The van der Waals surface area contributed by atoms with Crippen molar-refractivity contribution < 1.29 is 18.4 Å². The number of thioether (sulfide) groups is 1. The highest BCUT2D eigenvalue weighted by Crippen LogP contribution is 2.30. The van der Waals surface area contributed by atoms with Gasteiger partial charge in [-0.3, -0.25) is 9.59 Å². The molecule has 0 aliphatic carbocycles.